The van der Waals surface area contributed by atoms with E-state index in [-0.39, 0.29) is 58.4 Å². The summed E-state index contributed by atoms with van der Waals surface area (Å²) in [5, 5.41) is 2.96. The molecule has 1 aromatic carbocycles. The first-order chi connectivity index (χ1) is 30.3. The van der Waals surface area contributed by atoms with E-state index in [0.29, 0.717) is 24.2 Å². The molecule has 5 aliphatic rings. The lowest BCUT2D eigenvalue weighted by Gasteiger charge is -2.27. The molecule has 0 aliphatic carbocycles. The van der Waals surface area contributed by atoms with Crippen LogP contribution in [-0.2, 0) is 46.4 Å². The first-order valence-corrected chi connectivity index (χ1v) is 24.0. The summed E-state index contributed by atoms with van der Waals surface area (Å²) in [7, 11) is -4.80. The second kappa shape index (κ2) is 17.6. The number of esters is 2. The number of aromatic nitrogens is 8. The first-order valence-electron chi connectivity index (χ1n) is 19.1. The number of nitrogens with one attached hydrogen (secondary N) is 2. The van der Waals surface area contributed by atoms with Crippen LogP contribution in [0.5, 0.6) is 5.75 Å². The van der Waals surface area contributed by atoms with Gasteiger partial charge in [0.25, 0.3) is 5.56 Å². The van der Waals surface area contributed by atoms with Crippen LogP contribution in [-0.4, -0.2) is 125 Å². The highest BCUT2D eigenvalue weighted by molar-refractivity contribution is 8.55. The van der Waals surface area contributed by atoms with Crippen molar-refractivity contribution in [1.29, 1.82) is 0 Å². The van der Waals surface area contributed by atoms with E-state index >= 15 is 8.78 Å². The van der Waals surface area contributed by atoms with E-state index in [9.17, 15) is 28.4 Å². The molecule has 10 atom stereocenters. The van der Waals surface area contributed by atoms with Gasteiger partial charge in [0, 0.05) is 24.3 Å². The van der Waals surface area contributed by atoms with E-state index in [0.717, 1.165) is 17.2 Å². The van der Waals surface area contributed by atoms with Gasteiger partial charge in [-0.1, -0.05) is 0 Å². The fraction of sp³-hybridized carbons (Fsp3) is 0.471. The second-order valence-electron chi connectivity index (χ2n) is 14.4. The lowest BCUT2D eigenvalue weighted by atomic mass is 10.1. The largest absolute Gasteiger partial charge is 0.450 e. The zero-order valence-corrected chi connectivity index (χ0v) is 34.9. The molecular formula is C34H36F2N10O14P2S. The Labute approximate surface area is 356 Å². The molecule has 9 heterocycles. The normalized spacial score (nSPS) is 32.6. The smallest absolute Gasteiger partial charge is 0.393 e. The second-order valence-corrected chi connectivity index (χ2v) is 20.2. The lowest BCUT2D eigenvalue weighted by Crippen LogP contribution is -2.36. The maximum Gasteiger partial charge on any atom is 0.393 e. The van der Waals surface area contributed by atoms with Gasteiger partial charge in [0.15, 0.2) is 47.4 Å². The number of rotatable bonds is 1. The average molecular weight is 941 g/mol. The number of carbonyl (C=O) groups is 2. The summed E-state index contributed by atoms with van der Waals surface area (Å²) >= 11 is 0.314. The minimum Gasteiger partial charge on any atom is -0.450 e. The highest BCUT2D eigenvalue weighted by atomic mass is 32.7. The van der Waals surface area contributed by atoms with Crippen molar-refractivity contribution >= 4 is 71.8 Å². The number of nitrogen functional groups attached to an aromatic ring is 1. The number of ether oxygens (including phenoxy) is 5. The number of hydrogen-bond acceptors (Lipinski definition) is 21. The molecule has 0 spiro atoms. The molecule has 10 rings (SSSR count). The average Bonchev–Trinajstić information content (AvgIpc) is 4.02. The number of hydrogen-bond donors (Lipinski definition) is 4. The third-order valence-electron chi connectivity index (χ3n) is 10.2. The van der Waals surface area contributed by atoms with Gasteiger partial charge in [-0.15, -0.1) is 0 Å². The van der Waals surface area contributed by atoms with Gasteiger partial charge in [0.2, 0.25) is 5.95 Å². The third-order valence-corrected chi connectivity index (χ3v) is 14.6. The SMILES string of the molecule is Nc1ncnc2c1ncn2[C@@H]1O[C@@H]2COP3(=O)O[C@@H]4[C@H](F)[C@@H](COP(=O)(O)CO[C@H]2[C@H]1F)O[C@H]4n1cnc2c(=O)[nH]c(nc21)NCCCCC(=O)Oc1ccc(cc1)C(=O)OCS3. The van der Waals surface area contributed by atoms with Crippen LogP contribution in [0.2, 0.25) is 0 Å². The van der Waals surface area contributed by atoms with E-state index in [1.165, 1.54) is 35.2 Å². The summed E-state index contributed by atoms with van der Waals surface area (Å²) in [6, 6.07) is 5.44. The standard InChI is InChI=1S/C34H36F2N10O14P2S/c35-21-18-9-55-61(50,51)14-53-25-19(59-31(22(25)36)45-12-41-23-27(37)39-11-40-28(23)45)10-56-62(52)60-26(21)32(58-18)46-13-42-24-29(46)43-34(44-30(24)48)38-8-2-1-3-20(47)57-17-6-4-16(5-7-17)33(49)54-15-63-62/h4-7,11-13,18-19,21-22,25-26,31-32H,1-3,8-10,14-15H2,(H,50,51)(H2,37,39,40)(H2,38,43,44,48)/t18-,19-,21-,22-,25-,26-,31-,32-,62?/m1/s1. The molecule has 5 aliphatic heterocycles. The Bertz CT molecular complexity index is 2700. The maximum atomic E-state index is 16.7. The van der Waals surface area contributed by atoms with Crippen molar-refractivity contribution in [2.45, 2.75) is 68.5 Å². The molecule has 336 valence electrons. The zero-order valence-electron chi connectivity index (χ0n) is 32.3. The van der Waals surface area contributed by atoms with Crippen molar-refractivity contribution in [2.24, 2.45) is 0 Å². The van der Waals surface area contributed by atoms with Gasteiger partial charge in [-0.2, -0.15) is 4.98 Å². The van der Waals surface area contributed by atoms with Crippen molar-refractivity contribution < 1.29 is 69.6 Å². The Hall–Kier alpha value is -4.95. The number of carbonyl (C=O) groups excluding carboxylic acids is 2. The van der Waals surface area contributed by atoms with Crippen molar-refractivity contribution in [3.8, 4) is 5.75 Å². The summed E-state index contributed by atoms with van der Waals surface area (Å²) in [5.41, 5.74) is 5.09. The van der Waals surface area contributed by atoms with Crippen LogP contribution in [0, 0.1) is 0 Å². The van der Waals surface area contributed by atoms with Gasteiger partial charge >= 0.3 is 26.3 Å². The van der Waals surface area contributed by atoms with Crippen LogP contribution in [0.15, 0.2) is 48.0 Å². The van der Waals surface area contributed by atoms with Crippen molar-refractivity contribution in [1.82, 2.24) is 39.0 Å². The Morgan fingerprint density at radius 1 is 0.873 bits per heavy atom. The number of nitrogens with zero attached hydrogens (tertiary/aromatic N) is 7. The molecule has 0 amide bonds. The highest BCUT2D eigenvalue weighted by Gasteiger charge is 2.54. The number of fused-ring (bicyclic) bond motifs is 14. The van der Waals surface area contributed by atoms with Gasteiger partial charge in [-0.05, 0) is 37.1 Å². The number of alkyl halides is 2. The van der Waals surface area contributed by atoms with E-state index in [1.807, 2.05) is 0 Å². The number of benzene rings is 1. The minimum atomic E-state index is -4.82. The predicted octanol–water partition coefficient (Wildman–Crippen LogP) is 3.13. The van der Waals surface area contributed by atoms with Crippen molar-refractivity contribution in [3.63, 3.8) is 0 Å². The summed E-state index contributed by atoms with van der Waals surface area (Å²) in [4.78, 5) is 72.8. The molecule has 2 unspecified atom stereocenters. The summed E-state index contributed by atoms with van der Waals surface area (Å²) in [6.45, 7) is -6.31. The van der Waals surface area contributed by atoms with Gasteiger partial charge in [-0.25, -0.2) is 38.1 Å². The molecule has 24 nitrogen and oxygen atoms in total. The fourth-order valence-electron chi connectivity index (χ4n) is 7.16. The van der Waals surface area contributed by atoms with Gasteiger partial charge < -0.3 is 44.2 Å². The topological polar surface area (TPSA) is 308 Å². The monoisotopic (exact) mass is 940 g/mol. The molecule has 5 aromatic rings. The van der Waals surface area contributed by atoms with E-state index in [1.54, 1.807) is 0 Å². The van der Waals surface area contributed by atoms with Crippen LogP contribution in [0.3, 0.4) is 0 Å². The van der Waals surface area contributed by atoms with Crippen LogP contribution < -0.4 is 21.3 Å². The lowest BCUT2D eigenvalue weighted by molar-refractivity contribution is -0.134. The highest BCUT2D eigenvalue weighted by Crippen LogP contribution is 2.64. The summed E-state index contributed by atoms with van der Waals surface area (Å²) in [6.07, 6.45) is -11.3. The molecule has 7 bridgehead atoms. The number of H-pyrrole nitrogens is 1. The van der Waals surface area contributed by atoms with Crippen LogP contribution >= 0.6 is 25.8 Å². The Morgan fingerprint density at radius 2 is 1.62 bits per heavy atom. The molecule has 0 radical (unpaired) electrons. The number of aromatic amines is 1. The molecule has 29 heteroatoms. The third kappa shape index (κ3) is 8.94. The number of imidazole rings is 2. The summed E-state index contributed by atoms with van der Waals surface area (Å²) in [5.74, 6) is -2.03. The molecular weight excluding hydrogens is 904 g/mol. The number of anilines is 2. The van der Waals surface area contributed by atoms with Gasteiger partial charge in [-0.3, -0.25) is 37.3 Å². The quantitative estimate of drug-likeness (QED) is 0.107. The Morgan fingerprint density at radius 3 is 2.43 bits per heavy atom. The predicted molar refractivity (Wildman–Crippen MR) is 212 cm³/mol. The Balaban J connectivity index is 1.08. The maximum absolute atomic E-state index is 16.7. The van der Waals surface area contributed by atoms with Gasteiger partial charge in [0.1, 0.15) is 54.3 Å². The summed E-state index contributed by atoms with van der Waals surface area (Å²) < 4.78 is 109. The van der Waals surface area contributed by atoms with Crippen LogP contribution in [0.1, 0.15) is 42.1 Å². The van der Waals surface area contributed by atoms with E-state index in [4.69, 9.17) is 43.0 Å². The van der Waals surface area contributed by atoms with E-state index < -0.39 is 107 Å². The molecule has 63 heavy (non-hydrogen) atoms. The van der Waals surface area contributed by atoms with Gasteiger partial charge in [0.05, 0.1) is 31.4 Å². The minimum absolute atomic E-state index is 0.0105. The van der Waals surface area contributed by atoms with Crippen molar-refractivity contribution in [3.05, 3.63) is 59.2 Å². The zero-order chi connectivity index (χ0) is 44.0. The number of halogens is 2. The number of nitrogens with two attached hydrogens (primary N) is 1. The van der Waals surface area contributed by atoms with Crippen LogP contribution in [0.25, 0.3) is 22.3 Å². The molecule has 3 fully saturated rings. The van der Waals surface area contributed by atoms with Crippen molar-refractivity contribution in [2.75, 3.05) is 43.1 Å². The van der Waals surface area contributed by atoms with E-state index in [2.05, 4.69) is 35.2 Å². The molecule has 0 saturated carbocycles. The first kappa shape index (κ1) is 43.3. The van der Waals surface area contributed by atoms with Crippen LogP contribution in [0.4, 0.5) is 20.5 Å². The molecule has 5 N–H and O–H groups in total. The fourth-order valence-corrected chi connectivity index (χ4v) is 10.7. The Kier molecular flexibility index (Phi) is 12.1. The molecule has 3 saturated heterocycles. The molecule has 4 aromatic heterocycles.